The molecule has 0 aliphatic rings. The zero-order valence-corrected chi connectivity index (χ0v) is 9.90. The lowest BCUT2D eigenvalue weighted by molar-refractivity contribution is -0.134. The minimum absolute atomic E-state index is 0.0658. The summed E-state index contributed by atoms with van der Waals surface area (Å²) in [4.78, 5) is 22.3. The van der Waals surface area contributed by atoms with Gasteiger partial charge in [0.1, 0.15) is 0 Å². The highest BCUT2D eigenvalue weighted by molar-refractivity contribution is 5.94. The van der Waals surface area contributed by atoms with Gasteiger partial charge in [0.15, 0.2) is 0 Å². The molecule has 0 atom stereocenters. The molecular formula is C13H15NO3. The molecule has 4 heteroatoms. The number of benzene rings is 1. The highest BCUT2D eigenvalue weighted by Gasteiger charge is 2.02. The van der Waals surface area contributed by atoms with Gasteiger partial charge in [-0.1, -0.05) is 25.1 Å². The Morgan fingerprint density at radius 2 is 2.06 bits per heavy atom. The van der Waals surface area contributed by atoms with Gasteiger partial charge in [0.2, 0.25) is 5.91 Å². The Morgan fingerprint density at radius 1 is 1.35 bits per heavy atom. The monoisotopic (exact) mass is 233 g/mol. The second kappa shape index (κ2) is 6.48. The molecule has 1 N–H and O–H groups in total. The van der Waals surface area contributed by atoms with Crippen molar-refractivity contribution in [3.05, 3.63) is 35.9 Å². The molecule has 0 radical (unpaired) electrons. The third-order valence-corrected chi connectivity index (χ3v) is 2.16. The van der Waals surface area contributed by atoms with Gasteiger partial charge >= 0.3 is 5.97 Å². The summed E-state index contributed by atoms with van der Waals surface area (Å²) in [5.74, 6) is -0.495. The SMILES string of the molecule is CCC(=O)Nc1ccccc1/C=C/C(=O)OC. The molecule has 0 aliphatic carbocycles. The summed E-state index contributed by atoms with van der Waals surface area (Å²) in [5.41, 5.74) is 1.44. The van der Waals surface area contributed by atoms with Crippen LogP contribution in [-0.2, 0) is 14.3 Å². The van der Waals surface area contributed by atoms with E-state index in [-0.39, 0.29) is 5.91 Å². The van der Waals surface area contributed by atoms with Crippen LogP contribution >= 0.6 is 0 Å². The van der Waals surface area contributed by atoms with Crippen molar-refractivity contribution in [3.63, 3.8) is 0 Å². The fourth-order valence-electron chi connectivity index (χ4n) is 1.22. The molecule has 0 unspecified atom stereocenters. The van der Waals surface area contributed by atoms with E-state index in [0.29, 0.717) is 12.1 Å². The summed E-state index contributed by atoms with van der Waals surface area (Å²) < 4.78 is 4.50. The largest absolute Gasteiger partial charge is 0.466 e. The van der Waals surface area contributed by atoms with Crippen molar-refractivity contribution < 1.29 is 14.3 Å². The number of nitrogens with one attached hydrogen (secondary N) is 1. The smallest absolute Gasteiger partial charge is 0.330 e. The number of anilines is 1. The molecule has 1 aromatic carbocycles. The summed E-state index contributed by atoms with van der Waals surface area (Å²) in [5, 5.41) is 2.76. The van der Waals surface area contributed by atoms with Gasteiger partial charge in [0.05, 0.1) is 7.11 Å². The minimum Gasteiger partial charge on any atom is -0.466 e. The Balaban J connectivity index is 2.88. The van der Waals surface area contributed by atoms with Crippen molar-refractivity contribution >= 4 is 23.6 Å². The van der Waals surface area contributed by atoms with Crippen molar-refractivity contribution in [1.29, 1.82) is 0 Å². The summed E-state index contributed by atoms with van der Waals surface area (Å²) in [6, 6.07) is 7.24. The minimum atomic E-state index is -0.429. The van der Waals surface area contributed by atoms with Crippen LogP contribution in [0.25, 0.3) is 6.08 Å². The van der Waals surface area contributed by atoms with Gasteiger partial charge in [-0.25, -0.2) is 4.79 Å². The lowest BCUT2D eigenvalue weighted by Gasteiger charge is -2.06. The molecule has 17 heavy (non-hydrogen) atoms. The highest BCUT2D eigenvalue weighted by Crippen LogP contribution is 2.16. The molecule has 1 amide bonds. The number of carbonyl (C=O) groups is 2. The Kier molecular flexibility index (Phi) is 4.94. The Bertz CT molecular complexity index is 438. The van der Waals surface area contributed by atoms with Gasteiger partial charge in [-0.15, -0.1) is 0 Å². The van der Waals surface area contributed by atoms with Gasteiger partial charge in [0.25, 0.3) is 0 Å². The fourth-order valence-corrected chi connectivity index (χ4v) is 1.22. The van der Waals surface area contributed by atoms with Gasteiger partial charge in [-0.2, -0.15) is 0 Å². The second-order valence-electron chi connectivity index (χ2n) is 3.35. The van der Waals surface area contributed by atoms with E-state index in [2.05, 4.69) is 10.1 Å². The molecule has 0 aromatic heterocycles. The molecule has 0 spiro atoms. The van der Waals surface area contributed by atoms with Gasteiger partial charge in [-0.3, -0.25) is 4.79 Å². The molecule has 1 rings (SSSR count). The van der Waals surface area contributed by atoms with E-state index < -0.39 is 5.97 Å². The normalized spacial score (nSPS) is 10.2. The lowest BCUT2D eigenvalue weighted by Crippen LogP contribution is -2.10. The molecule has 0 saturated heterocycles. The van der Waals surface area contributed by atoms with Crippen LogP contribution in [0.1, 0.15) is 18.9 Å². The van der Waals surface area contributed by atoms with Crippen molar-refractivity contribution in [2.75, 3.05) is 12.4 Å². The third-order valence-electron chi connectivity index (χ3n) is 2.16. The first-order chi connectivity index (χ1) is 8.17. The quantitative estimate of drug-likeness (QED) is 0.640. The van der Waals surface area contributed by atoms with E-state index >= 15 is 0 Å². The van der Waals surface area contributed by atoms with Crippen LogP contribution in [0.15, 0.2) is 30.3 Å². The average molecular weight is 233 g/mol. The van der Waals surface area contributed by atoms with E-state index in [9.17, 15) is 9.59 Å². The number of hydrogen-bond donors (Lipinski definition) is 1. The van der Waals surface area contributed by atoms with Crippen molar-refractivity contribution in [2.24, 2.45) is 0 Å². The maximum atomic E-state index is 11.3. The van der Waals surface area contributed by atoms with E-state index in [0.717, 1.165) is 5.56 Å². The maximum Gasteiger partial charge on any atom is 0.330 e. The van der Waals surface area contributed by atoms with E-state index in [1.807, 2.05) is 18.2 Å². The molecule has 0 heterocycles. The Morgan fingerprint density at radius 3 is 2.71 bits per heavy atom. The number of ether oxygens (including phenoxy) is 1. The van der Waals surface area contributed by atoms with Crippen LogP contribution in [0, 0.1) is 0 Å². The zero-order valence-electron chi connectivity index (χ0n) is 9.90. The number of carbonyl (C=O) groups excluding carboxylic acids is 2. The summed E-state index contributed by atoms with van der Waals surface area (Å²) >= 11 is 0. The van der Waals surface area contributed by atoms with E-state index in [1.54, 1.807) is 19.1 Å². The Hall–Kier alpha value is -2.10. The number of para-hydroxylation sites is 1. The number of rotatable bonds is 4. The molecule has 0 aliphatic heterocycles. The zero-order chi connectivity index (χ0) is 12.7. The number of amides is 1. The summed E-state index contributed by atoms with van der Waals surface area (Å²) in [7, 11) is 1.32. The van der Waals surface area contributed by atoms with Crippen LogP contribution in [-0.4, -0.2) is 19.0 Å². The molecule has 0 bridgehead atoms. The Labute approximate surface area is 100 Å². The van der Waals surface area contributed by atoms with E-state index in [1.165, 1.54) is 13.2 Å². The second-order valence-corrected chi connectivity index (χ2v) is 3.35. The first-order valence-electron chi connectivity index (χ1n) is 5.32. The average Bonchev–Trinajstić information content (AvgIpc) is 2.37. The highest BCUT2D eigenvalue weighted by atomic mass is 16.5. The van der Waals surface area contributed by atoms with Crippen molar-refractivity contribution in [3.8, 4) is 0 Å². The van der Waals surface area contributed by atoms with Gasteiger partial charge < -0.3 is 10.1 Å². The number of esters is 1. The van der Waals surface area contributed by atoms with Crippen LogP contribution in [0.2, 0.25) is 0 Å². The van der Waals surface area contributed by atoms with Crippen LogP contribution in [0.3, 0.4) is 0 Å². The fraction of sp³-hybridized carbons (Fsp3) is 0.231. The van der Waals surface area contributed by atoms with Crippen LogP contribution < -0.4 is 5.32 Å². The van der Waals surface area contributed by atoms with Crippen LogP contribution in [0.5, 0.6) is 0 Å². The maximum absolute atomic E-state index is 11.3. The number of hydrogen-bond acceptors (Lipinski definition) is 3. The lowest BCUT2D eigenvalue weighted by atomic mass is 10.1. The molecule has 1 aromatic rings. The van der Waals surface area contributed by atoms with Crippen LogP contribution in [0.4, 0.5) is 5.69 Å². The third kappa shape index (κ3) is 4.10. The first kappa shape index (κ1) is 13.0. The van der Waals surface area contributed by atoms with Gasteiger partial charge in [-0.05, 0) is 17.7 Å². The van der Waals surface area contributed by atoms with E-state index in [4.69, 9.17) is 0 Å². The predicted octanol–water partition coefficient (Wildman–Crippen LogP) is 2.22. The topological polar surface area (TPSA) is 55.4 Å². The van der Waals surface area contributed by atoms with Crippen molar-refractivity contribution in [1.82, 2.24) is 0 Å². The summed E-state index contributed by atoms with van der Waals surface area (Å²) in [6.45, 7) is 1.78. The standard InChI is InChI=1S/C13H15NO3/c1-3-12(15)14-11-7-5-4-6-10(11)8-9-13(16)17-2/h4-9H,3H2,1-2H3,(H,14,15)/b9-8+. The molecular weight excluding hydrogens is 218 g/mol. The number of methoxy groups -OCH3 is 1. The summed E-state index contributed by atoms with van der Waals surface area (Å²) in [6.07, 6.45) is 3.34. The van der Waals surface area contributed by atoms with Crippen molar-refractivity contribution in [2.45, 2.75) is 13.3 Å². The molecule has 0 fully saturated rings. The molecule has 90 valence electrons. The van der Waals surface area contributed by atoms with Gasteiger partial charge in [0, 0.05) is 18.2 Å². The first-order valence-corrected chi connectivity index (χ1v) is 5.32. The predicted molar refractivity (Wildman–Crippen MR) is 66.4 cm³/mol. The molecule has 4 nitrogen and oxygen atoms in total. The molecule has 0 saturated carbocycles.